The van der Waals surface area contributed by atoms with Gasteiger partial charge in [0.15, 0.2) is 0 Å². The van der Waals surface area contributed by atoms with Gasteiger partial charge in [-0.05, 0) is 32.5 Å². The normalized spacial score (nSPS) is 21.2. The average molecular weight is 263 g/mol. The molecular weight excluding hydrogens is 242 g/mol. The van der Waals surface area contributed by atoms with E-state index in [-0.39, 0.29) is 0 Å². The van der Waals surface area contributed by atoms with Crippen molar-refractivity contribution in [2.45, 2.75) is 25.8 Å². The summed E-state index contributed by atoms with van der Waals surface area (Å²) in [6.45, 7) is 5.07. The fraction of sp³-hybridized carbons (Fsp3) is 0.571. The molecule has 1 fully saturated rings. The molecule has 5 heteroatoms. The van der Waals surface area contributed by atoms with E-state index in [1.54, 1.807) is 6.20 Å². The minimum Gasteiger partial charge on any atom is -0.478 e. The molecule has 1 atom stereocenters. The quantitative estimate of drug-likeness (QED) is 0.899. The summed E-state index contributed by atoms with van der Waals surface area (Å²) >= 11 is 0. The molecule has 1 aromatic heterocycles. The molecule has 1 aliphatic heterocycles. The Morgan fingerprint density at radius 2 is 2.32 bits per heavy atom. The van der Waals surface area contributed by atoms with E-state index in [0.717, 1.165) is 38.2 Å². The second-order valence-corrected chi connectivity index (χ2v) is 5.07. The van der Waals surface area contributed by atoms with E-state index >= 15 is 0 Å². The molecular formula is C14H21N3O2. The van der Waals surface area contributed by atoms with Crippen LogP contribution in [0.5, 0.6) is 0 Å². The number of likely N-dealkylation sites (N-methyl/N-ethyl adjacent to an activating group) is 1. The Bertz CT molecular complexity index is 450. The zero-order valence-electron chi connectivity index (χ0n) is 11.5. The Morgan fingerprint density at radius 1 is 1.53 bits per heavy atom. The van der Waals surface area contributed by atoms with Gasteiger partial charge < -0.3 is 14.9 Å². The summed E-state index contributed by atoms with van der Waals surface area (Å²) < 4.78 is 0. The standard InChI is InChI=1S/C14H21N3O2/c1-3-11-10-16(2)7-4-8-17(11)13-5-6-15-9-12(13)14(18)19/h5-6,9,11H,3-4,7-8,10H2,1-2H3,(H,18,19). The molecule has 0 amide bonds. The van der Waals surface area contributed by atoms with Crippen LogP contribution >= 0.6 is 0 Å². The van der Waals surface area contributed by atoms with Gasteiger partial charge in [0.1, 0.15) is 5.56 Å². The number of rotatable bonds is 3. The van der Waals surface area contributed by atoms with Crippen LogP contribution in [0, 0.1) is 0 Å². The molecule has 5 nitrogen and oxygen atoms in total. The molecule has 0 saturated carbocycles. The van der Waals surface area contributed by atoms with E-state index in [1.165, 1.54) is 6.20 Å². The lowest BCUT2D eigenvalue weighted by molar-refractivity contribution is 0.0697. The van der Waals surface area contributed by atoms with Crippen molar-refractivity contribution in [1.29, 1.82) is 0 Å². The third-order valence-electron chi connectivity index (χ3n) is 3.71. The van der Waals surface area contributed by atoms with Crippen LogP contribution in [0.25, 0.3) is 0 Å². The summed E-state index contributed by atoms with van der Waals surface area (Å²) in [7, 11) is 2.12. The molecule has 2 heterocycles. The summed E-state index contributed by atoms with van der Waals surface area (Å²) in [5.41, 5.74) is 1.09. The molecule has 0 aliphatic carbocycles. The van der Waals surface area contributed by atoms with Gasteiger partial charge in [0, 0.05) is 31.5 Å². The fourth-order valence-electron chi connectivity index (χ4n) is 2.71. The third kappa shape index (κ3) is 3.04. The molecule has 0 bridgehead atoms. The van der Waals surface area contributed by atoms with Crippen molar-refractivity contribution in [1.82, 2.24) is 9.88 Å². The highest BCUT2D eigenvalue weighted by Crippen LogP contribution is 2.25. The van der Waals surface area contributed by atoms with Crippen molar-refractivity contribution in [2.75, 3.05) is 31.6 Å². The Labute approximate surface area is 113 Å². The average Bonchev–Trinajstić information content (AvgIpc) is 2.60. The van der Waals surface area contributed by atoms with E-state index in [1.807, 2.05) is 6.07 Å². The first-order valence-corrected chi connectivity index (χ1v) is 6.76. The maximum absolute atomic E-state index is 11.3. The number of hydrogen-bond donors (Lipinski definition) is 1. The molecule has 1 aliphatic rings. The van der Waals surface area contributed by atoms with Crippen molar-refractivity contribution >= 4 is 11.7 Å². The fourth-order valence-corrected chi connectivity index (χ4v) is 2.71. The van der Waals surface area contributed by atoms with E-state index in [4.69, 9.17) is 0 Å². The van der Waals surface area contributed by atoms with E-state index in [2.05, 4.69) is 28.8 Å². The van der Waals surface area contributed by atoms with Gasteiger partial charge in [0.2, 0.25) is 0 Å². The van der Waals surface area contributed by atoms with Gasteiger partial charge in [-0.2, -0.15) is 0 Å². The number of carboxylic acids is 1. The van der Waals surface area contributed by atoms with Crippen molar-refractivity contribution < 1.29 is 9.90 Å². The van der Waals surface area contributed by atoms with Crippen LogP contribution in [0.3, 0.4) is 0 Å². The Morgan fingerprint density at radius 3 is 3.00 bits per heavy atom. The number of aromatic nitrogens is 1. The lowest BCUT2D eigenvalue weighted by atomic mass is 10.1. The number of aromatic carboxylic acids is 1. The van der Waals surface area contributed by atoms with Crippen molar-refractivity contribution in [3.05, 3.63) is 24.0 Å². The second-order valence-electron chi connectivity index (χ2n) is 5.07. The van der Waals surface area contributed by atoms with Gasteiger partial charge in [-0.3, -0.25) is 4.98 Å². The van der Waals surface area contributed by atoms with E-state index < -0.39 is 5.97 Å². The maximum atomic E-state index is 11.3. The van der Waals surface area contributed by atoms with E-state index in [9.17, 15) is 9.90 Å². The number of anilines is 1. The maximum Gasteiger partial charge on any atom is 0.339 e. The van der Waals surface area contributed by atoms with Crippen molar-refractivity contribution in [3.8, 4) is 0 Å². The molecule has 1 N–H and O–H groups in total. The lowest BCUT2D eigenvalue weighted by Gasteiger charge is -2.33. The largest absolute Gasteiger partial charge is 0.478 e. The highest BCUT2D eigenvalue weighted by molar-refractivity contribution is 5.94. The van der Waals surface area contributed by atoms with Gasteiger partial charge in [-0.1, -0.05) is 6.92 Å². The molecule has 0 aromatic carbocycles. The zero-order valence-corrected chi connectivity index (χ0v) is 11.5. The summed E-state index contributed by atoms with van der Waals surface area (Å²) in [5, 5.41) is 9.30. The van der Waals surface area contributed by atoms with Gasteiger partial charge >= 0.3 is 5.97 Å². The Hall–Kier alpha value is -1.62. The topological polar surface area (TPSA) is 56.7 Å². The predicted molar refractivity (Wildman–Crippen MR) is 74.7 cm³/mol. The smallest absolute Gasteiger partial charge is 0.339 e. The minimum atomic E-state index is -0.907. The summed E-state index contributed by atoms with van der Waals surface area (Å²) in [5.74, 6) is -0.907. The van der Waals surface area contributed by atoms with E-state index in [0.29, 0.717) is 11.6 Å². The van der Waals surface area contributed by atoms with Crippen LogP contribution in [0.2, 0.25) is 0 Å². The molecule has 104 valence electrons. The lowest BCUT2D eigenvalue weighted by Crippen LogP contribution is -2.40. The van der Waals surface area contributed by atoms with Crippen molar-refractivity contribution in [2.24, 2.45) is 0 Å². The van der Waals surface area contributed by atoms with Crippen LogP contribution in [-0.2, 0) is 0 Å². The van der Waals surface area contributed by atoms with Crippen LogP contribution < -0.4 is 4.90 Å². The Kier molecular flexibility index (Phi) is 4.37. The number of carboxylic acid groups (broad SMARTS) is 1. The highest BCUT2D eigenvalue weighted by Gasteiger charge is 2.25. The van der Waals surface area contributed by atoms with Gasteiger partial charge in [0.25, 0.3) is 0 Å². The summed E-state index contributed by atoms with van der Waals surface area (Å²) in [6, 6.07) is 2.17. The van der Waals surface area contributed by atoms with Crippen LogP contribution in [-0.4, -0.2) is 53.7 Å². The number of nitrogens with zero attached hydrogens (tertiary/aromatic N) is 3. The first kappa shape index (κ1) is 13.8. The van der Waals surface area contributed by atoms with Crippen LogP contribution in [0.4, 0.5) is 5.69 Å². The van der Waals surface area contributed by atoms with Crippen LogP contribution in [0.1, 0.15) is 30.1 Å². The predicted octanol–water partition coefficient (Wildman–Crippen LogP) is 1.70. The van der Waals surface area contributed by atoms with Gasteiger partial charge in [0.05, 0.1) is 5.69 Å². The molecule has 1 saturated heterocycles. The van der Waals surface area contributed by atoms with Crippen molar-refractivity contribution in [3.63, 3.8) is 0 Å². The molecule has 1 aromatic rings. The SMILES string of the molecule is CCC1CN(C)CCCN1c1ccncc1C(=O)O. The third-order valence-corrected chi connectivity index (χ3v) is 3.71. The first-order valence-electron chi connectivity index (χ1n) is 6.76. The molecule has 0 spiro atoms. The molecule has 0 radical (unpaired) electrons. The first-order chi connectivity index (χ1) is 9.13. The van der Waals surface area contributed by atoms with Gasteiger partial charge in [-0.15, -0.1) is 0 Å². The van der Waals surface area contributed by atoms with Crippen LogP contribution in [0.15, 0.2) is 18.5 Å². The number of hydrogen-bond acceptors (Lipinski definition) is 4. The molecule has 19 heavy (non-hydrogen) atoms. The summed E-state index contributed by atoms with van der Waals surface area (Å²) in [6.07, 6.45) is 5.17. The molecule has 2 rings (SSSR count). The second kappa shape index (κ2) is 6.02. The molecule has 1 unspecified atom stereocenters. The number of carbonyl (C=O) groups is 1. The van der Waals surface area contributed by atoms with Gasteiger partial charge in [-0.25, -0.2) is 4.79 Å². The number of pyridine rings is 1. The Balaban J connectivity index is 2.35. The zero-order chi connectivity index (χ0) is 13.8. The summed E-state index contributed by atoms with van der Waals surface area (Å²) in [4.78, 5) is 19.8. The highest BCUT2D eigenvalue weighted by atomic mass is 16.4. The monoisotopic (exact) mass is 263 g/mol. The minimum absolute atomic E-state index is 0.297.